The van der Waals surface area contributed by atoms with Crippen molar-refractivity contribution in [3.63, 3.8) is 0 Å². The molecule has 2 saturated heterocycles. The first-order chi connectivity index (χ1) is 10.5. The van der Waals surface area contributed by atoms with Gasteiger partial charge in [-0.15, -0.1) is 0 Å². The Labute approximate surface area is 126 Å². The molecule has 2 aliphatic rings. The van der Waals surface area contributed by atoms with Crippen molar-refractivity contribution in [2.24, 2.45) is 0 Å². The molecule has 0 saturated carbocycles. The van der Waals surface area contributed by atoms with E-state index in [2.05, 4.69) is 9.72 Å². The van der Waals surface area contributed by atoms with Gasteiger partial charge in [0.1, 0.15) is 0 Å². The van der Waals surface area contributed by atoms with Crippen molar-refractivity contribution in [3.8, 4) is 0 Å². The Balaban J connectivity index is 2.00. The van der Waals surface area contributed by atoms with Crippen LogP contribution < -0.4 is 4.90 Å². The van der Waals surface area contributed by atoms with Crippen LogP contribution in [0.1, 0.15) is 36.0 Å². The van der Waals surface area contributed by atoms with E-state index in [1.165, 1.54) is 19.4 Å². The van der Waals surface area contributed by atoms with E-state index in [0.29, 0.717) is 12.8 Å². The third kappa shape index (κ3) is 2.39. The average Bonchev–Trinajstić information content (AvgIpc) is 2.77. The van der Waals surface area contributed by atoms with Crippen LogP contribution in [-0.2, 0) is 4.74 Å². The summed E-state index contributed by atoms with van der Waals surface area (Å²) in [7, 11) is 1.22. The van der Waals surface area contributed by atoms with Gasteiger partial charge in [-0.05, 0) is 25.7 Å². The predicted octanol–water partition coefficient (Wildman–Crippen LogP) is 1.27. The molecule has 118 valence electrons. The van der Waals surface area contributed by atoms with Gasteiger partial charge in [-0.1, -0.05) is 0 Å². The molecule has 0 aliphatic carbocycles. The van der Waals surface area contributed by atoms with Crippen LogP contribution in [0.5, 0.6) is 0 Å². The fourth-order valence-corrected chi connectivity index (χ4v) is 3.50. The summed E-state index contributed by atoms with van der Waals surface area (Å²) in [4.78, 5) is 28.5. The van der Waals surface area contributed by atoms with Crippen LogP contribution in [0, 0.1) is 10.1 Å². The molecule has 1 N–H and O–H groups in total. The third-order valence-electron chi connectivity index (χ3n) is 4.42. The van der Waals surface area contributed by atoms with Gasteiger partial charge in [0.15, 0.2) is 0 Å². The SMILES string of the molecule is COC(=O)c1cnc(N2C3CCC2CC(O)C3)c([N+](=O)[O-])c1. The summed E-state index contributed by atoms with van der Waals surface area (Å²) in [5.74, 6) is -0.378. The highest BCUT2D eigenvalue weighted by atomic mass is 16.6. The minimum atomic E-state index is -0.654. The second kappa shape index (κ2) is 5.53. The van der Waals surface area contributed by atoms with E-state index in [-0.39, 0.29) is 35.3 Å². The molecule has 8 nitrogen and oxygen atoms in total. The number of nitro groups is 1. The highest BCUT2D eigenvalue weighted by Crippen LogP contribution is 2.41. The first-order valence-electron chi connectivity index (χ1n) is 7.20. The minimum absolute atomic E-state index is 0.0577. The Morgan fingerprint density at radius 3 is 2.64 bits per heavy atom. The van der Waals surface area contributed by atoms with Gasteiger partial charge in [0.2, 0.25) is 5.82 Å². The van der Waals surface area contributed by atoms with E-state index in [4.69, 9.17) is 0 Å². The molecule has 2 aliphatic heterocycles. The molecule has 0 amide bonds. The Hall–Kier alpha value is -2.22. The van der Waals surface area contributed by atoms with Crippen molar-refractivity contribution in [2.45, 2.75) is 43.9 Å². The second-order valence-electron chi connectivity index (χ2n) is 5.73. The van der Waals surface area contributed by atoms with Gasteiger partial charge in [0, 0.05) is 24.3 Å². The number of aliphatic hydroxyl groups is 1. The van der Waals surface area contributed by atoms with Crippen molar-refractivity contribution in [1.29, 1.82) is 0 Å². The highest BCUT2D eigenvalue weighted by Gasteiger charge is 2.43. The maximum absolute atomic E-state index is 11.5. The first-order valence-corrected chi connectivity index (χ1v) is 7.20. The maximum Gasteiger partial charge on any atom is 0.339 e. The molecule has 8 heteroatoms. The lowest BCUT2D eigenvalue weighted by molar-refractivity contribution is -0.384. The molecule has 2 bridgehead atoms. The van der Waals surface area contributed by atoms with Crippen LogP contribution in [0.4, 0.5) is 11.5 Å². The number of piperidine rings is 1. The summed E-state index contributed by atoms with van der Waals surface area (Å²) in [5.41, 5.74) is -0.140. The quantitative estimate of drug-likeness (QED) is 0.509. The number of hydrogen-bond acceptors (Lipinski definition) is 7. The Morgan fingerprint density at radius 2 is 2.09 bits per heavy atom. The number of rotatable bonds is 3. The molecule has 1 aromatic heterocycles. The minimum Gasteiger partial charge on any atom is -0.465 e. The largest absolute Gasteiger partial charge is 0.465 e. The number of fused-ring (bicyclic) bond motifs is 2. The normalized spacial score (nSPS) is 26.8. The number of carbonyl (C=O) groups is 1. The first kappa shape index (κ1) is 14.7. The fraction of sp³-hybridized carbons (Fsp3) is 0.571. The van der Waals surface area contributed by atoms with Crippen LogP contribution in [0.2, 0.25) is 0 Å². The van der Waals surface area contributed by atoms with Crippen LogP contribution in [0.25, 0.3) is 0 Å². The van der Waals surface area contributed by atoms with Gasteiger partial charge in [0.25, 0.3) is 0 Å². The van der Waals surface area contributed by atoms with Crippen molar-refractivity contribution in [3.05, 3.63) is 27.9 Å². The molecule has 2 unspecified atom stereocenters. The van der Waals surface area contributed by atoms with Crippen LogP contribution >= 0.6 is 0 Å². The van der Waals surface area contributed by atoms with Crippen LogP contribution in [-0.4, -0.2) is 46.3 Å². The summed E-state index contributed by atoms with van der Waals surface area (Å²) in [6, 6.07) is 1.33. The molecule has 2 atom stereocenters. The predicted molar refractivity (Wildman–Crippen MR) is 76.8 cm³/mol. The Morgan fingerprint density at radius 1 is 1.45 bits per heavy atom. The number of esters is 1. The summed E-state index contributed by atoms with van der Waals surface area (Å²) >= 11 is 0. The van der Waals surface area contributed by atoms with E-state index >= 15 is 0 Å². The van der Waals surface area contributed by atoms with Crippen molar-refractivity contribution in [1.82, 2.24) is 4.98 Å². The van der Waals surface area contributed by atoms with Gasteiger partial charge < -0.3 is 14.7 Å². The zero-order valence-electron chi connectivity index (χ0n) is 12.1. The van der Waals surface area contributed by atoms with Gasteiger partial charge in [-0.2, -0.15) is 0 Å². The molecular weight excluding hydrogens is 290 g/mol. The molecule has 0 spiro atoms. The monoisotopic (exact) mass is 307 g/mol. The summed E-state index contributed by atoms with van der Waals surface area (Å²) in [6.45, 7) is 0. The second-order valence-corrected chi connectivity index (χ2v) is 5.73. The molecular formula is C14H17N3O5. The van der Waals surface area contributed by atoms with Crippen LogP contribution in [0.15, 0.2) is 12.3 Å². The summed E-state index contributed by atoms with van der Waals surface area (Å²) in [5, 5.41) is 21.2. The molecule has 0 radical (unpaired) electrons. The van der Waals surface area contributed by atoms with E-state index in [0.717, 1.165) is 12.8 Å². The Kier molecular flexibility index (Phi) is 3.69. The number of ether oxygens (including phenoxy) is 1. The number of aliphatic hydroxyl groups excluding tert-OH is 1. The number of carbonyl (C=O) groups excluding carboxylic acids is 1. The highest BCUT2D eigenvalue weighted by molar-refractivity contribution is 5.90. The lowest BCUT2D eigenvalue weighted by Gasteiger charge is -2.37. The average molecular weight is 307 g/mol. The van der Waals surface area contributed by atoms with E-state index < -0.39 is 10.9 Å². The van der Waals surface area contributed by atoms with Crippen molar-refractivity contribution >= 4 is 17.5 Å². The van der Waals surface area contributed by atoms with Crippen LogP contribution in [0.3, 0.4) is 0 Å². The van der Waals surface area contributed by atoms with Gasteiger partial charge in [0.05, 0.1) is 23.7 Å². The zero-order valence-corrected chi connectivity index (χ0v) is 12.1. The molecule has 0 aromatic carbocycles. The van der Waals surface area contributed by atoms with Gasteiger partial charge in [-0.3, -0.25) is 10.1 Å². The van der Waals surface area contributed by atoms with Crippen molar-refractivity contribution < 1.29 is 19.6 Å². The zero-order chi connectivity index (χ0) is 15.9. The number of methoxy groups -OCH3 is 1. The number of anilines is 1. The third-order valence-corrected chi connectivity index (χ3v) is 4.42. The number of hydrogen-bond donors (Lipinski definition) is 1. The number of nitrogens with zero attached hydrogens (tertiary/aromatic N) is 3. The molecule has 1 aromatic rings. The molecule has 3 heterocycles. The maximum atomic E-state index is 11.5. The van der Waals surface area contributed by atoms with Gasteiger partial charge in [-0.25, -0.2) is 9.78 Å². The molecule has 3 rings (SSSR count). The van der Waals surface area contributed by atoms with E-state index in [1.54, 1.807) is 0 Å². The summed E-state index contributed by atoms with van der Waals surface area (Å²) in [6.07, 6.45) is 3.90. The van der Waals surface area contributed by atoms with E-state index in [1.807, 2.05) is 4.90 Å². The standard InChI is InChI=1S/C14H17N3O5/c1-22-14(19)8-4-12(17(20)21)13(15-7-8)16-9-2-3-10(16)6-11(18)5-9/h4,7,9-11,18H,2-3,5-6H2,1H3. The topological polar surface area (TPSA) is 106 Å². The van der Waals surface area contributed by atoms with E-state index in [9.17, 15) is 20.0 Å². The Bertz CT molecular complexity index is 606. The number of aromatic nitrogens is 1. The lowest BCUT2D eigenvalue weighted by Crippen LogP contribution is -2.45. The molecule has 2 fully saturated rings. The van der Waals surface area contributed by atoms with Gasteiger partial charge >= 0.3 is 11.7 Å². The fourth-order valence-electron chi connectivity index (χ4n) is 3.50. The lowest BCUT2D eigenvalue weighted by atomic mass is 9.99. The molecule has 22 heavy (non-hydrogen) atoms. The number of pyridine rings is 1. The van der Waals surface area contributed by atoms with Crippen molar-refractivity contribution in [2.75, 3.05) is 12.0 Å². The smallest absolute Gasteiger partial charge is 0.339 e. The summed E-state index contributed by atoms with van der Waals surface area (Å²) < 4.78 is 4.58.